The Morgan fingerprint density at radius 3 is 2.67 bits per heavy atom. The van der Waals surface area contributed by atoms with Crippen molar-refractivity contribution in [3.05, 3.63) is 24.3 Å². The predicted octanol–water partition coefficient (Wildman–Crippen LogP) is 3.31. The topological polar surface area (TPSA) is 0 Å². The van der Waals surface area contributed by atoms with Crippen molar-refractivity contribution in [3.63, 3.8) is 0 Å². The van der Waals surface area contributed by atoms with Crippen LogP contribution in [-0.4, -0.2) is 0 Å². The SMILES string of the molecule is C=C(C)C=CCCCC. The molecule has 0 aromatic rings. The molecule has 0 fully saturated rings. The second kappa shape index (κ2) is 5.61. The highest BCUT2D eigenvalue weighted by molar-refractivity contribution is 5.10. The lowest BCUT2D eigenvalue weighted by Crippen LogP contribution is -1.67. The van der Waals surface area contributed by atoms with Gasteiger partial charge in [0.25, 0.3) is 0 Å². The van der Waals surface area contributed by atoms with Crippen LogP contribution in [0.4, 0.5) is 0 Å². The Kier molecular flexibility index (Phi) is 5.29. The van der Waals surface area contributed by atoms with Crippen LogP contribution in [0.2, 0.25) is 0 Å². The van der Waals surface area contributed by atoms with E-state index in [9.17, 15) is 0 Å². The van der Waals surface area contributed by atoms with E-state index in [1.807, 2.05) is 6.92 Å². The van der Waals surface area contributed by atoms with Crippen LogP contribution in [0.3, 0.4) is 0 Å². The van der Waals surface area contributed by atoms with Gasteiger partial charge >= 0.3 is 0 Å². The van der Waals surface area contributed by atoms with Crippen LogP contribution in [-0.2, 0) is 0 Å². The third-order valence-electron chi connectivity index (χ3n) is 1.13. The van der Waals surface area contributed by atoms with E-state index in [2.05, 4.69) is 25.7 Å². The summed E-state index contributed by atoms with van der Waals surface area (Å²) in [6.07, 6.45) is 8.04. The molecule has 9 heavy (non-hydrogen) atoms. The molecule has 0 aliphatic rings. The van der Waals surface area contributed by atoms with Crippen LogP contribution in [0, 0.1) is 0 Å². The minimum atomic E-state index is 1.14. The van der Waals surface area contributed by atoms with Gasteiger partial charge in [-0.25, -0.2) is 0 Å². The first-order valence-corrected chi connectivity index (χ1v) is 3.59. The Morgan fingerprint density at radius 2 is 2.22 bits per heavy atom. The fourth-order valence-corrected chi connectivity index (χ4v) is 0.606. The molecule has 0 unspecified atom stereocenters. The van der Waals surface area contributed by atoms with Crippen molar-refractivity contribution in [2.24, 2.45) is 0 Å². The number of allylic oxidation sites excluding steroid dienone is 3. The van der Waals surface area contributed by atoms with Crippen molar-refractivity contribution in [1.82, 2.24) is 0 Å². The molecule has 0 radical (unpaired) electrons. The molecule has 0 N–H and O–H groups in total. The molecule has 0 atom stereocenters. The summed E-state index contributed by atoms with van der Waals surface area (Å²) in [7, 11) is 0. The van der Waals surface area contributed by atoms with Crippen LogP contribution >= 0.6 is 0 Å². The molecule has 52 valence electrons. The first-order valence-electron chi connectivity index (χ1n) is 3.59. The van der Waals surface area contributed by atoms with Crippen molar-refractivity contribution in [1.29, 1.82) is 0 Å². The molecular formula is C9H16. The monoisotopic (exact) mass is 124 g/mol. The Morgan fingerprint density at radius 1 is 1.56 bits per heavy atom. The average molecular weight is 124 g/mol. The van der Waals surface area contributed by atoms with Gasteiger partial charge in [-0.1, -0.05) is 44.1 Å². The molecule has 0 bridgehead atoms. The predicted molar refractivity (Wildman–Crippen MR) is 43.5 cm³/mol. The summed E-state index contributed by atoms with van der Waals surface area (Å²) >= 11 is 0. The summed E-state index contributed by atoms with van der Waals surface area (Å²) < 4.78 is 0. The molecule has 0 rings (SSSR count). The van der Waals surface area contributed by atoms with Gasteiger partial charge in [0.05, 0.1) is 0 Å². The molecular weight excluding hydrogens is 108 g/mol. The van der Waals surface area contributed by atoms with Crippen LogP contribution in [0.5, 0.6) is 0 Å². The van der Waals surface area contributed by atoms with E-state index in [1.54, 1.807) is 0 Å². The van der Waals surface area contributed by atoms with Crippen molar-refractivity contribution in [3.8, 4) is 0 Å². The number of hydrogen-bond donors (Lipinski definition) is 0. The first kappa shape index (κ1) is 8.48. The average Bonchev–Trinajstić information content (AvgIpc) is 1.80. The Hall–Kier alpha value is -0.520. The highest BCUT2D eigenvalue weighted by Gasteiger charge is 1.76. The highest BCUT2D eigenvalue weighted by atomic mass is 13.8. The van der Waals surface area contributed by atoms with Gasteiger partial charge in [0.2, 0.25) is 0 Å². The number of unbranched alkanes of at least 4 members (excludes halogenated alkanes) is 2. The highest BCUT2D eigenvalue weighted by Crippen LogP contribution is 1.97. The van der Waals surface area contributed by atoms with Crippen LogP contribution in [0.25, 0.3) is 0 Å². The van der Waals surface area contributed by atoms with Crippen LogP contribution in [0.15, 0.2) is 24.3 Å². The fourth-order valence-electron chi connectivity index (χ4n) is 0.606. The molecule has 0 saturated heterocycles. The van der Waals surface area contributed by atoms with Gasteiger partial charge in [0.1, 0.15) is 0 Å². The van der Waals surface area contributed by atoms with Crippen molar-refractivity contribution in [2.45, 2.75) is 33.1 Å². The van der Waals surface area contributed by atoms with Crippen molar-refractivity contribution in [2.75, 3.05) is 0 Å². The summed E-state index contributed by atoms with van der Waals surface area (Å²) in [5.74, 6) is 0. The van der Waals surface area contributed by atoms with Crippen molar-refractivity contribution >= 4 is 0 Å². The molecule has 0 amide bonds. The lowest BCUT2D eigenvalue weighted by molar-refractivity contribution is 0.814. The second-order valence-electron chi connectivity index (χ2n) is 2.39. The van der Waals surface area contributed by atoms with E-state index < -0.39 is 0 Å². The maximum atomic E-state index is 3.77. The lowest BCUT2D eigenvalue weighted by atomic mass is 10.2. The summed E-state index contributed by atoms with van der Waals surface area (Å²) in [6.45, 7) is 7.99. The van der Waals surface area contributed by atoms with Crippen LogP contribution in [0.1, 0.15) is 33.1 Å². The molecule has 0 nitrogen and oxygen atoms in total. The summed E-state index contributed by atoms with van der Waals surface area (Å²) in [5, 5.41) is 0. The summed E-state index contributed by atoms with van der Waals surface area (Å²) in [5.41, 5.74) is 1.14. The Bertz CT molecular complexity index is 98.6. The summed E-state index contributed by atoms with van der Waals surface area (Å²) in [6, 6.07) is 0. The number of rotatable bonds is 4. The quantitative estimate of drug-likeness (QED) is 0.398. The molecule has 0 aliphatic heterocycles. The van der Waals surface area contributed by atoms with Gasteiger partial charge in [-0.2, -0.15) is 0 Å². The Labute approximate surface area is 58.3 Å². The smallest absolute Gasteiger partial charge is 0.0348 e. The molecule has 0 heteroatoms. The summed E-state index contributed by atoms with van der Waals surface area (Å²) in [4.78, 5) is 0. The zero-order valence-electron chi connectivity index (χ0n) is 6.48. The second-order valence-corrected chi connectivity index (χ2v) is 2.39. The van der Waals surface area contributed by atoms with Gasteiger partial charge in [-0.3, -0.25) is 0 Å². The third kappa shape index (κ3) is 7.48. The minimum Gasteiger partial charge on any atom is -0.0961 e. The molecule has 0 aromatic carbocycles. The lowest BCUT2D eigenvalue weighted by Gasteiger charge is -1.87. The standard InChI is InChI=1S/C9H16/c1-4-5-6-7-8-9(2)3/h7-8H,2,4-6H2,1,3H3. The number of hydrogen-bond acceptors (Lipinski definition) is 0. The van der Waals surface area contributed by atoms with Gasteiger partial charge in [0, 0.05) is 0 Å². The van der Waals surface area contributed by atoms with E-state index in [0.717, 1.165) is 5.57 Å². The Balaban J connectivity index is 3.15. The largest absolute Gasteiger partial charge is 0.0961 e. The zero-order chi connectivity index (χ0) is 7.11. The van der Waals surface area contributed by atoms with Gasteiger partial charge in [-0.15, -0.1) is 0 Å². The van der Waals surface area contributed by atoms with E-state index in [4.69, 9.17) is 0 Å². The molecule has 0 aliphatic carbocycles. The van der Waals surface area contributed by atoms with Gasteiger partial charge in [0.15, 0.2) is 0 Å². The third-order valence-corrected chi connectivity index (χ3v) is 1.13. The van der Waals surface area contributed by atoms with Gasteiger partial charge < -0.3 is 0 Å². The van der Waals surface area contributed by atoms with E-state index in [0.29, 0.717) is 0 Å². The molecule has 0 saturated carbocycles. The normalized spacial score (nSPS) is 10.4. The first-order chi connectivity index (χ1) is 4.27. The maximum Gasteiger partial charge on any atom is -0.0348 e. The van der Waals surface area contributed by atoms with Crippen LogP contribution < -0.4 is 0 Å². The van der Waals surface area contributed by atoms with Crippen molar-refractivity contribution < 1.29 is 0 Å². The zero-order valence-corrected chi connectivity index (χ0v) is 6.48. The fraction of sp³-hybridized carbons (Fsp3) is 0.556. The molecule has 0 spiro atoms. The van der Waals surface area contributed by atoms with Gasteiger partial charge in [-0.05, 0) is 13.3 Å². The molecule has 0 aromatic heterocycles. The van der Waals surface area contributed by atoms with E-state index in [-0.39, 0.29) is 0 Å². The molecule has 0 heterocycles. The van der Waals surface area contributed by atoms with E-state index >= 15 is 0 Å². The maximum absolute atomic E-state index is 3.77. The van der Waals surface area contributed by atoms with E-state index in [1.165, 1.54) is 19.3 Å². The minimum absolute atomic E-state index is 1.14.